The van der Waals surface area contributed by atoms with E-state index in [0.29, 0.717) is 29.4 Å². The minimum Gasteiger partial charge on any atom is -0.372 e. The maximum Gasteiger partial charge on any atom is 0.276 e. The summed E-state index contributed by atoms with van der Waals surface area (Å²) in [6.07, 6.45) is 3.39. The van der Waals surface area contributed by atoms with E-state index in [-0.39, 0.29) is 5.91 Å². The first kappa shape index (κ1) is 15.1. The highest BCUT2D eigenvalue weighted by atomic mass is 16.2. The van der Waals surface area contributed by atoms with Crippen molar-refractivity contribution >= 4 is 23.8 Å². The number of nitrogens with zero attached hydrogens (tertiary/aromatic N) is 5. The molecule has 8 nitrogen and oxygen atoms in total. The van der Waals surface area contributed by atoms with Gasteiger partial charge in [0.25, 0.3) is 5.91 Å². The van der Waals surface area contributed by atoms with Gasteiger partial charge in [0.15, 0.2) is 11.5 Å². The second kappa shape index (κ2) is 5.90. The summed E-state index contributed by atoms with van der Waals surface area (Å²) in [7, 11) is 1.75. The highest BCUT2D eigenvalue weighted by molar-refractivity contribution is 6.05. The van der Waals surface area contributed by atoms with E-state index < -0.39 is 0 Å². The third kappa shape index (κ3) is 2.57. The molecule has 1 aliphatic heterocycles. The number of rotatable bonds is 3. The number of amides is 1. The largest absolute Gasteiger partial charge is 0.372 e. The van der Waals surface area contributed by atoms with Gasteiger partial charge in [-0.1, -0.05) is 18.2 Å². The Kier molecular flexibility index (Phi) is 3.57. The van der Waals surface area contributed by atoms with Crippen LogP contribution in [-0.2, 0) is 13.6 Å². The van der Waals surface area contributed by atoms with Gasteiger partial charge in [-0.3, -0.25) is 9.48 Å². The van der Waals surface area contributed by atoms with Crippen molar-refractivity contribution in [2.45, 2.75) is 13.5 Å². The number of fused-ring (bicyclic) bond motifs is 1. The average Bonchev–Trinajstić information content (AvgIpc) is 3.15. The number of hydrogen-bond acceptors (Lipinski definition) is 5. The molecule has 1 aliphatic rings. The number of benzene rings is 1. The number of carbonyl (C=O) groups is 1. The third-order valence-corrected chi connectivity index (χ3v) is 4.04. The Hall–Kier alpha value is -3.42. The first-order valence-electron chi connectivity index (χ1n) is 7.88. The van der Waals surface area contributed by atoms with Crippen LogP contribution < -0.4 is 10.6 Å². The van der Waals surface area contributed by atoms with Crippen molar-refractivity contribution in [2.24, 2.45) is 12.0 Å². The van der Waals surface area contributed by atoms with Crippen LogP contribution in [0.5, 0.6) is 0 Å². The Morgan fingerprint density at radius 3 is 2.88 bits per heavy atom. The van der Waals surface area contributed by atoms with E-state index in [4.69, 9.17) is 0 Å². The van der Waals surface area contributed by atoms with Crippen LogP contribution in [0.1, 0.15) is 21.7 Å². The zero-order chi connectivity index (χ0) is 17.4. The van der Waals surface area contributed by atoms with Gasteiger partial charge in [-0.05, 0) is 19.1 Å². The molecule has 0 spiro atoms. The SMILES string of the molecule is Cc1nn(C)c(C(=O)Nc2ccccc2)c1-n1ncc2c1N=CNC2. The van der Waals surface area contributed by atoms with E-state index in [2.05, 4.69) is 25.8 Å². The zero-order valence-electron chi connectivity index (χ0n) is 13.9. The van der Waals surface area contributed by atoms with Gasteiger partial charge in [0.1, 0.15) is 5.69 Å². The maximum absolute atomic E-state index is 12.9. The molecule has 3 aromatic rings. The standard InChI is InChI=1S/C17H17N7O/c1-11-14(24-16-12(9-20-24)8-18-10-19-16)15(23(2)22-11)17(25)21-13-6-4-3-5-7-13/h3-7,9-10H,8H2,1-2H3,(H,18,19)(H,21,25). The van der Waals surface area contributed by atoms with E-state index in [1.165, 1.54) is 0 Å². The lowest BCUT2D eigenvalue weighted by atomic mass is 10.2. The van der Waals surface area contributed by atoms with Crippen LogP contribution in [0, 0.1) is 6.92 Å². The molecule has 0 atom stereocenters. The van der Waals surface area contributed by atoms with Gasteiger partial charge in [0.05, 0.1) is 18.2 Å². The van der Waals surface area contributed by atoms with E-state index in [1.54, 1.807) is 28.9 Å². The van der Waals surface area contributed by atoms with Gasteiger partial charge in [-0.25, -0.2) is 9.67 Å². The van der Waals surface area contributed by atoms with Crippen LogP contribution in [0.2, 0.25) is 0 Å². The Morgan fingerprint density at radius 1 is 1.28 bits per heavy atom. The normalized spacial score (nSPS) is 12.6. The molecule has 25 heavy (non-hydrogen) atoms. The number of hydrogen-bond donors (Lipinski definition) is 2. The Bertz CT molecular complexity index is 969. The molecule has 4 rings (SSSR count). The lowest BCUT2D eigenvalue weighted by molar-refractivity contribution is 0.101. The highest BCUT2D eigenvalue weighted by Crippen LogP contribution is 2.28. The fourth-order valence-electron chi connectivity index (χ4n) is 2.93. The fraction of sp³-hybridized carbons (Fsp3) is 0.176. The summed E-state index contributed by atoms with van der Waals surface area (Å²) >= 11 is 0. The second-order valence-corrected chi connectivity index (χ2v) is 5.77. The molecule has 0 saturated heterocycles. The van der Waals surface area contributed by atoms with Crippen LogP contribution in [0.25, 0.3) is 5.69 Å². The monoisotopic (exact) mass is 335 g/mol. The molecule has 126 valence electrons. The van der Waals surface area contributed by atoms with E-state index >= 15 is 0 Å². The van der Waals surface area contributed by atoms with Crippen molar-refractivity contribution in [3.05, 3.63) is 53.5 Å². The van der Waals surface area contributed by atoms with E-state index in [0.717, 1.165) is 11.3 Å². The predicted octanol–water partition coefficient (Wildman–Crippen LogP) is 1.93. The van der Waals surface area contributed by atoms with Gasteiger partial charge < -0.3 is 10.6 Å². The van der Waals surface area contributed by atoms with E-state index in [9.17, 15) is 4.79 Å². The summed E-state index contributed by atoms with van der Waals surface area (Å²) in [6.45, 7) is 2.51. The molecule has 0 fully saturated rings. The van der Waals surface area contributed by atoms with Gasteiger partial charge in [-0.2, -0.15) is 10.2 Å². The van der Waals surface area contributed by atoms with Crippen molar-refractivity contribution in [3.63, 3.8) is 0 Å². The van der Waals surface area contributed by atoms with Crippen molar-refractivity contribution in [3.8, 4) is 5.69 Å². The van der Waals surface area contributed by atoms with E-state index in [1.807, 2.05) is 37.3 Å². The Morgan fingerprint density at radius 2 is 2.08 bits per heavy atom. The first-order valence-corrected chi connectivity index (χ1v) is 7.88. The fourth-order valence-corrected chi connectivity index (χ4v) is 2.93. The zero-order valence-corrected chi connectivity index (χ0v) is 13.9. The average molecular weight is 335 g/mol. The van der Waals surface area contributed by atoms with Crippen molar-refractivity contribution in [1.29, 1.82) is 0 Å². The molecule has 0 bridgehead atoms. The minimum atomic E-state index is -0.244. The molecule has 0 saturated carbocycles. The topological polar surface area (TPSA) is 89.1 Å². The molecule has 8 heteroatoms. The maximum atomic E-state index is 12.9. The van der Waals surface area contributed by atoms with Crippen molar-refractivity contribution in [1.82, 2.24) is 24.9 Å². The lowest BCUT2D eigenvalue weighted by Crippen LogP contribution is -2.19. The van der Waals surface area contributed by atoms with Gasteiger partial charge >= 0.3 is 0 Å². The summed E-state index contributed by atoms with van der Waals surface area (Å²) in [5, 5.41) is 14.8. The Labute approximate surface area is 144 Å². The number of para-hydroxylation sites is 1. The predicted molar refractivity (Wildman–Crippen MR) is 94.5 cm³/mol. The van der Waals surface area contributed by atoms with Gasteiger partial charge in [-0.15, -0.1) is 0 Å². The molecule has 3 heterocycles. The smallest absolute Gasteiger partial charge is 0.276 e. The number of anilines is 1. The van der Waals surface area contributed by atoms with Gasteiger partial charge in [0.2, 0.25) is 0 Å². The molecule has 0 aliphatic carbocycles. The van der Waals surface area contributed by atoms with Crippen LogP contribution >= 0.6 is 0 Å². The minimum absolute atomic E-state index is 0.244. The first-order chi connectivity index (χ1) is 12.1. The van der Waals surface area contributed by atoms with Crippen LogP contribution in [-0.4, -0.2) is 31.8 Å². The van der Waals surface area contributed by atoms with Gasteiger partial charge in [0, 0.05) is 24.8 Å². The molecule has 0 radical (unpaired) electrons. The summed E-state index contributed by atoms with van der Waals surface area (Å²) in [4.78, 5) is 17.2. The summed E-state index contributed by atoms with van der Waals surface area (Å²) in [5.74, 6) is 0.468. The van der Waals surface area contributed by atoms with Crippen molar-refractivity contribution in [2.75, 3.05) is 5.32 Å². The summed E-state index contributed by atoms with van der Waals surface area (Å²) < 4.78 is 3.25. The van der Waals surface area contributed by atoms with Crippen LogP contribution in [0.15, 0.2) is 41.5 Å². The highest BCUT2D eigenvalue weighted by Gasteiger charge is 2.25. The lowest BCUT2D eigenvalue weighted by Gasteiger charge is -2.11. The molecule has 2 N–H and O–H groups in total. The molecule has 0 unspecified atom stereocenters. The molecule has 2 aromatic heterocycles. The third-order valence-electron chi connectivity index (χ3n) is 4.04. The number of carbonyl (C=O) groups excluding carboxylic acids is 1. The molecular weight excluding hydrogens is 318 g/mol. The summed E-state index contributed by atoms with van der Waals surface area (Å²) in [5.41, 5.74) is 3.47. The second-order valence-electron chi connectivity index (χ2n) is 5.77. The Balaban J connectivity index is 1.79. The summed E-state index contributed by atoms with van der Waals surface area (Å²) in [6, 6.07) is 9.32. The number of aromatic nitrogens is 4. The molecule has 1 amide bonds. The molecular formula is C17H17N7O. The number of aliphatic imine (C=N–C) groups is 1. The van der Waals surface area contributed by atoms with Crippen LogP contribution in [0.3, 0.4) is 0 Å². The number of aryl methyl sites for hydroxylation is 2. The number of nitrogens with one attached hydrogen (secondary N) is 2. The molecule has 1 aromatic carbocycles. The van der Waals surface area contributed by atoms with Crippen molar-refractivity contribution < 1.29 is 4.79 Å². The van der Waals surface area contributed by atoms with Crippen LogP contribution in [0.4, 0.5) is 11.5 Å². The quantitative estimate of drug-likeness (QED) is 0.765.